The average molecular weight is 596 g/mol. The molecule has 5 N–H and O–H groups in total. The van der Waals surface area contributed by atoms with Crippen molar-refractivity contribution in [2.45, 2.75) is 80.4 Å². The Morgan fingerprint density at radius 1 is 1.15 bits per heavy atom. The van der Waals surface area contributed by atoms with Crippen LogP contribution in [0, 0.1) is 0 Å². The Labute approximate surface area is 236 Å². The number of aromatic hydroxyl groups is 1. The van der Waals surface area contributed by atoms with E-state index in [0.29, 0.717) is 56.7 Å². The normalized spacial score (nSPS) is 27.9. The topological polar surface area (TPSA) is 126 Å². The molecule has 2 aromatic rings. The third kappa shape index (κ3) is 5.11. The lowest BCUT2D eigenvalue weighted by molar-refractivity contribution is -0.138. The molecule has 4 atom stereocenters. The molecule has 4 unspecified atom stereocenters. The van der Waals surface area contributed by atoms with E-state index in [2.05, 4.69) is 39.4 Å². The van der Waals surface area contributed by atoms with Crippen LogP contribution < -0.4 is 16.6 Å². The zero-order chi connectivity index (χ0) is 27.3. The Bertz CT molecular complexity index is 1350. The van der Waals surface area contributed by atoms with Gasteiger partial charge >= 0.3 is 0 Å². The molecule has 6 rings (SSSR count). The first-order valence-corrected chi connectivity index (χ1v) is 14.8. The molecule has 2 aliphatic heterocycles. The molecule has 4 aliphatic rings. The summed E-state index contributed by atoms with van der Waals surface area (Å²) in [5.41, 5.74) is 18.5. The number of aromatic nitrogens is 2. The zero-order valence-electron chi connectivity index (χ0n) is 21.9. The molecule has 1 saturated heterocycles. The summed E-state index contributed by atoms with van der Waals surface area (Å²) in [6.07, 6.45) is 9.33. The lowest BCUT2D eigenvalue weighted by atomic mass is 9.85. The zero-order valence-corrected chi connectivity index (χ0v) is 23.5. The van der Waals surface area contributed by atoms with E-state index < -0.39 is 6.04 Å². The summed E-state index contributed by atoms with van der Waals surface area (Å²) >= 11 is 3.51. The fourth-order valence-electron chi connectivity index (χ4n) is 6.29. The van der Waals surface area contributed by atoms with Crippen molar-refractivity contribution in [1.82, 2.24) is 25.5 Å². The predicted molar refractivity (Wildman–Crippen MR) is 152 cm³/mol. The minimum Gasteiger partial charge on any atom is -0.506 e. The highest BCUT2D eigenvalue weighted by Gasteiger charge is 2.42. The Morgan fingerprint density at radius 2 is 1.97 bits per heavy atom. The molecule has 0 spiro atoms. The van der Waals surface area contributed by atoms with Gasteiger partial charge in [-0.2, -0.15) is 5.10 Å². The molecule has 39 heavy (non-hydrogen) atoms. The van der Waals surface area contributed by atoms with E-state index in [4.69, 9.17) is 10.8 Å². The van der Waals surface area contributed by atoms with Crippen LogP contribution in [0.5, 0.6) is 5.75 Å². The van der Waals surface area contributed by atoms with E-state index in [9.17, 15) is 14.7 Å². The van der Waals surface area contributed by atoms with Gasteiger partial charge < -0.3 is 15.7 Å². The number of hydrogen-bond donors (Lipinski definition) is 4. The third-order valence-electron chi connectivity index (χ3n) is 8.49. The van der Waals surface area contributed by atoms with Crippen LogP contribution in [0.2, 0.25) is 0 Å². The van der Waals surface area contributed by atoms with Crippen LogP contribution in [0.4, 0.5) is 0 Å². The second-order valence-electron chi connectivity index (χ2n) is 11.1. The first-order valence-electron chi connectivity index (χ1n) is 13.8. The van der Waals surface area contributed by atoms with Gasteiger partial charge in [-0.1, -0.05) is 34.1 Å². The van der Waals surface area contributed by atoms with Crippen LogP contribution in [0.1, 0.15) is 73.0 Å². The smallest absolute Gasteiger partial charge is 0.243 e. The van der Waals surface area contributed by atoms with Crippen molar-refractivity contribution in [1.29, 1.82) is 0 Å². The summed E-state index contributed by atoms with van der Waals surface area (Å²) in [6.45, 7) is 4.13. The number of carbonyl (C=O) groups excluding carboxylic acids is 2. The lowest BCUT2D eigenvalue weighted by Gasteiger charge is -2.42. The number of ketones is 1. The number of nitrogens with zero attached hydrogens (tertiary/aromatic N) is 3. The highest BCUT2D eigenvalue weighted by Crippen LogP contribution is 2.44. The standard InChI is InChI=1S/C29H35BrN6O3/c1-2-19(37)13-16-3-8-21-27-23(9-4-16)35(29(39)28-20(31)15-26(30)32-33-28)12-11-24(27)36(34-21)22-10-7-18(14-25(22)38)17-5-6-17/h2,7,10,13-14,17,20,23,26,28,32-33,38H,1,3-6,8-9,11-12,15,31H2/b16-13+. The number of halogens is 1. The highest BCUT2D eigenvalue weighted by molar-refractivity contribution is 9.09. The summed E-state index contributed by atoms with van der Waals surface area (Å²) < 4.78 is 1.89. The van der Waals surface area contributed by atoms with Gasteiger partial charge in [-0.3, -0.25) is 9.59 Å². The fourth-order valence-corrected chi connectivity index (χ4v) is 6.86. The van der Waals surface area contributed by atoms with Crippen molar-refractivity contribution >= 4 is 27.6 Å². The van der Waals surface area contributed by atoms with Crippen molar-refractivity contribution in [3.63, 3.8) is 0 Å². The number of amides is 1. The molecule has 9 nitrogen and oxygen atoms in total. The average Bonchev–Trinajstić information content (AvgIpc) is 3.70. The Hall–Kier alpha value is -2.79. The van der Waals surface area contributed by atoms with Gasteiger partial charge in [0.2, 0.25) is 5.91 Å². The molecule has 2 fully saturated rings. The number of alkyl halides is 1. The largest absolute Gasteiger partial charge is 0.506 e. The SMILES string of the molecule is C=CC(=O)/C=C1\CCc2nn(-c3ccc(C4CC4)cc3O)c3c2C(CC1)N(C(=O)C1NNC(Br)CC1N)CC3. The van der Waals surface area contributed by atoms with Crippen molar-refractivity contribution in [2.24, 2.45) is 5.73 Å². The molecular formula is C29H35BrN6O3. The second-order valence-corrected chi connectivity index (χ2v) is 12.2. The maximum atomic E-state index is 13.9. The minimum atomic E-state index is -0.541. The fraction of sp³-hybridized carbons (Fsp3) is 0.483. The monoisotopic (exact) mass is 594 g/mol. The third-order valence-corrected chi connectivity index (χ3v) is 9.10. The van der Waals surface area contributed by atoms with Gasteiger partial charge in [0.05, 0.1) is 22.4 Å². The predicted octanol–water partition coefficient (Wildman–Crippen LogP) is 3.20. The number of allylic oxidation sites excluding steroid dienone is 3. The van der Waals surface area contributed by atoms with Crippen molar-refractivity contribution in [3.8, 4) is 11.4 Å². The number of phenolic OH excluding ortho intramolecular Hbond substituents is 1. The number of rotatable bonds is 5. The van der Waals surface area contributed by atoms with E-state index in [1.807, 2.05) is 21.7 Å². The van der Waals surface area contributed by atoms with Gasteiger partial charge in [-0.15, -0.1) is 0 Å². The first-order chi connectivity index (χ1) is 18.8. The number of nitrogens with one attached hydrogen (secondary N) is 2. The van der Waals surface area contributed by atoms with Gasteiger partial charge in [-0.05, 0) is 80.7 Å². The molecule has 1 aromatic carbocycles. The summed E-state index contributed by atoms with van der Waals surface area (Å²) in [4.78, 5) is 28.0. The molecule has 1 saturated carbocycles. The summed E-state index contributed by atoms with van der Waals surface area (Å²) in [6, 6.07) is 4.86. The first kappa shape index (κ1) is 26.4. The maximum Gasteiger partial charge on any atom is 0.243 e. The number of benzene rings is 1. The number of nitrogens with two attached hydrogens (primary N) is 1. The number of carbonyl (C=O) groups is 2. The van der Waals surface area contributed by atoms with Gasteiger partial charge in [0, 0.05) is 24.6 Å². The van der Waals surface area contributed by atoms with Crippen molar-refractivity contribution in [2.75, 3.05) is 6.54 Å². The quantitative estimate of drug-likeness (QED) is 0.238. The van der Waals surface area contributed by atoms with Crippen LogP contribution in [0.15, 0.2) is 42.5 Å². The van der Waals surface area contributed by atoms with E-state index in [1.165, 1.54) is 24.5 Å². The summed E-state index contributed by atoms with van der Waals surface area (Å²) in [5, 5.41) is 16.0. The van der Waals surface area contributed by atoms with E-state index in [-0.39, 0.29) is 34.5 Å². The van der Waals surface area contributed by atoms with Crippen LogP contribution in [-0.2, 0) is 22.4 Å². The highest BCUT2D eigenvalue weighted by atomic mass is 79.9. The maximum absolute atomic E-state index is 13.9. The molecule has 0 bridgehead atoms. The minimum absolute atomic E-state index is 0.00445. The molecular weight excluding hydrogens is 560 g/mol. The molecule has 2 aliphatic carbocycles. The summed E-state index contributed by atoms with van der Waals surface area (Å²) in [7, 11) is 0. The number of hydrogen-bond acceptors (Lipinski definition) is 7. The molecule has 1 aromatic heterocycles. The number of aryl methyl sites for hydroxylation is 1. The summed E-state index contributed by atoms with van der Waals surface area (Å²) in [5.74, 6) is 0.629. The van der Waals surface area contributed by atoms with Crippen LogP contribution >= 0.6 is 15.9 Å². The molecule has 0 radical (unpaired) electrons. The van der Waals surface area contributed by atoms with Crippen molar-refractivity contribution in [3.05, 3.63) is 65.0 Å². The van der Waals surface area contributed by atoms with Gasteiger partial charge in [0.25, 0.3) is 0 Å². The lowest BCUT2D eigenvalue weighted by Crippen LogP contribution is -2.65. The number of phenols is 1. The van der Waals surface area contributed by atoms with E-state index >= 15 is 0 Å². The van der Waals surface area contributed by atoms with E-state index in [0.717, 1.165) is 22.5 Å². The Kier molecular flexibility index (Phi) is 7.22. The molecule has 206 valence electrons. The molecule has 1 amide bonds. The van der Waals surface area contributed by atoms with Crippen LogP contribution in [-0.4, -0.2) is 55.1 Å². The van der Waals surface area contributed by atoms with Gasteiger partial charge in [-0.25, -0.2) is 15.5 Å². The Balaban J connectivity index is 1.39. The Morgan fingerprint density at radius 3 is 2.69 bits per heavy atom. The second kappa shape index (κ2) is 10.6. The number of hydrazine groups is 1. The van der Waals surface area contributed by atoms with Gasteiger partial charge in [0.15, 0.2) is 5.78 Å². The van der Waals surface area contributed by atoms with E-state index in [1.54, 1.807) is 6.08 Å². The van der Waals surface area contributed by atoms with Crippen LogP contribution in [0.25, 0.3) is 5.69 Å². The van der Waals surface area contributed by atoms with Crippen LogP contribution in [0.3, 0.4) is 0 Å². The molecule has 10 heteroatoms. The molecule has 3 heterocycles. The van der Waals surface area contributed by atoms with Gasteiger partial charge in [0.1, 0.15) is 17.5 Å². The van der Waals surface area contributed by atoms with Crippen molar-refractivity contribution < 1.29 is 14.7 Å².